The lowest BCUT2D eigenvalue weighted by atomic mass is 9.97. The van der Waals surface area contributed by atoms with E-state index in [1.54, 1.807) is 6.92 Å². The van der Waals surface area contributed by atoms with Crippen LogP contribution in [0.15, 0.2) is 0 Å². The number of hydrogen-bond donors (Lipinski definition) is 1. The summed E-state index contributed by atoms with van der Waals surface area (Å²) in [5.74, 6) is -0.155. The molecule has 0 amide bonds. The van der Waals surface area contributed by atoms with E-state index in [-0.39, 0.29) is 5.92 Å². The van der Waals surface area contributed by atoms with Gasteiger partial charge in [0.25, 0.3) is 0 Å². The smallest absolute Gasteiger partial charge is 0.125 e. The van der Waals surface area contributed by atoms with Crippen LogP contribution in [0.3, 0.4) is 0 Å². The van der Waals surface area contributed by atoms with Crippen molar-refractivity contribution in [3.8, 4) is 0 Å². The van der Waals surface area contributed by atoms with Crippen LogP contribution in [0.1, 0.15) is 110 Å². The van der Waals surface area contributed by atoms with Crippen LogP contribution in [0.5, 0.6) is 0 Å². The lowest BCUT2D eigenvalue weighted by Gasteiger charge is -2.12. The Kier molecular flexibility index (Phi) is 16.7. The number of carbonyl (C=O) groups is 1. The van der Waals surface area contributed by atoms with E-state index in [0.29, 0.717) is 0 Å². The Morgan fingerprint density at radius 3 is 1.41 bits per heavy atom. The van der Waals surface area contributed by atoms with E-state index in [1.165, 1.54) is 83.5 Å². The fourth-order valence-corrected chi connectivity index (χ4v) is 3.00. The van der Waals surface area contributed by atoms with E-state index in [9.17, 15) is 9.90 Å². The van der Waals surface area contributed by atoms with Gasteiger partial charge in [-0.25, -0.2) is 0 Å². The van der Waals surface area contributed by atoms with Gasteiger partial charge >= 0.3 is 0 Å². The summed E-state index contributed by atoms with van der Waals surface area (Å²) in [5.41, 5.74) is 0. The van der Waals surface area contributed by atoms with E-state index in [1.807, 2.05) is 0 Å². The average Bonchev–Trinajstić information content (AvgIpc) is 2.51. The summed E-state index contributed by atoms with van der Waals surface area (Å²) in [6.07, 6.45) is 20.2. The van der Waals surface area contributed by atoms with Crippen molar-refractivity contribution in [1.29, 1.82) is 0 Å². The Morgan fingerprint density at radius 1 is 0.727 bits per heavy atom. The van der Waals surface area contributed by atoms with Gasteiger partial charge in [0.05, 0.1) is 6.10 Å². The van der Waals surface area contributed by atoms with Crippen molar-refractivity contribution in [2.45, 2.75) is 116 Å². The summed E-state index contributed by atoms with van der Waals surface area (Å²) in [4.78, 5) is 10.8. The van der Waals surface area contributed by atoms with E-state index in [4.69, 9.17) is 0 Å². The molecular formula is C20H40O2. The summed E-state index contributed by atoms with van der Waals surface area (Å²) < 4.78 is 0. The zero-order valence-electron chi connectivity index (χ0n) is 15.2. The molecule has 0 saturated carbocycles. The second-order valence-corrected chi connectivity index (χ2v) is 6.93. The van der Waals surface area contributed by atoms with E-state index in [0.717, 1.165) is 19.1 Å². The van der Waals surface area contributed by atoms with Gasteiger partial charge in [0, 0.05) is 5.92 Å². The van der Waals surface area contributed by atoms with Crippen LogP contribution in [0.25, 0.3) is 0 Å². The molecule has 0 aromatic rings. The highest BCUT2D eigenvalue weighted by molar-refractivity contribution is 5.54. The fourth-order valence-electron chi connectivity index (χ4n) is 3.00. The molecule has 0 rings (SSSR count). The van der Waals surface area contributed by atoms with Crippen LogP contribution in [-0.4, -0.2) is 17.5 Å². The van der Waals surface area contributed by atoms with Crippen LogP contribution in [0.4, 0.5) is 0 Å². The molecule has 0 heterocycles. The van der Waals surface area contributed by atoms with Crippen molar-refractivity contribution >= 4 is 6.29 Å². The number of rotatable bonds is 17. The Balaban J connectivity index is 3.13. The SMILES string of the molecule is CCCCCCCCCCCCCCCCC(C=O)C(C)O. The molecule has 0 aliphatic heterocycles. The third-order valence-corrected chi connectivity index (χ3v) is 4.69. The number of aliphatic hydroxyl groups excluding tert-OH is 1. The molecule has 0 aliphatic carbocycles. The van der Waals surface area contributed by atoms with Gasteiger partial charge in [0.15, 0.2) is 0 Å². The van der Waals surface area contributed by atoms with Crippen molar-refractivity contribution in [2.24, 2.45) is 5.92 Å². The minimum absolute atomic E-state index is 0.155. The molecule has 1 N–H and O–H groups in total. The van der Waals surface area contributed by atoms with Crippen molar-refractivity contribution in [1.82, 2.24) is 0 Å². The van der Waals surface area contributed by atoms with Crippen molar-refractivity contribution < 1.29 is 9.90 Å². The summed E-state index contributed by atoms with van der Waals surface area (Å²) >= 11 is 0. The van der Waals surface area contributed by atoms with E-state index < -0.39 is 6.10 Å². The summed E-state index contributed by atoms with van der Waals surface area (Å²) in [7, 11) is 0. The molecule has 132 valence electrons. The molecule has 0 aliphatic rings. The first kappa shape index (κ1) is 21.6. The maximum Gasteiger partial charge on any atom is 0.125 e. The van der Waals surface area contributed by atoms with Crippen molar-refractivity contribution in [3.05, 3.63) is 0 Å². The molecule has 0 radical (unpaired) electrons. The molecule has 2 heteroatoms. The quantitative estimate of drug-likeness (QED) is 0.262. The largest absolute Gasteiger partial charge is 0.393 e. The van der Waals surface area contributed by atoms with Gasteiger partial charge in [-0.05, 0) is 13.3 Å². The maximum absolute atomic E-state index is 10.8. The molecule has 0 spiro atoms. The zero-order chi connectivity index (χ0) is 16.5. The van der Waals surface area contributed by atoms with E-state index in [2.05, 4.69) is 6.92 Å². The molecule has 2 unspecified atom stereocenters. The van der Waals surface area contributed by atoms with Gasteiger partial charge in [-0.2, -0.15) is 0 Å². The molecule has 0 fully saturated rings. The highest BCUT2D eigenvalue weighted by Crippen LogP contribution is 2.15. The predicted molar refractivity (Wildman–Crippen MR) is 96.2 cm³/mol. The molecular weight excluding hydrogens is 272 g/mol. The monoisotopic (exact) mass is 312 g/mol. The predicted octanol–water partition coefficient (Wildman–Crippen LogP) is 6.05. The Bertz CT molecular complexity index is 226. The van der Waals surface area contributed by atoms with Crippen LogP contribution in [0.2, 0.25) is 0 Å². The summed E-state index contributed by atoms with van der Waals surface area (Å²) in [6.45, 7) is 3.98. The van der Waals surface area contributed by atoms with Gasteiger partial charge in [-0.1, -0.05) is 96.8 Å². The van der Waals surface area contributed by atoms with Gasteiger partial charge < -0.3 is 9.90 Å². The Hall–Kier alpha value is -0.370. The maximum atomic E-state index is 10.8. The first-order valence-corrected chi connectivity index (χ1v) is 9.85. The Morgan fingerprint density at radius 2 is 1.09 bits per heavy atom. The standard InChI is InChI=1S/C20H40O2/c1-3-4-5-6-7-8-9-10-11-12-13-14-15-16-17-20(18-21)19(2)22/h18-20,22H,3-17H2,1-2H3. The number of aliphatic hydroxyl groups is 1. The third-order valence-electron chi connectivity index (χ3n) is 4.69. The van der Waals surface area contributed by atoms with Crippen molar-refractivity contribution in [2.75, 3.05) is 0 Å². The number of unbranched alkanes of at least 4 members (excludes halogenated alkanes) is 13. The second-order valence-electron chi connectivity index (χ2n) is 6.93. The molecule has 0 aromatic carbocycles. The molecule has 0 bridgehead atoms. The average molecular weight is 313 g/mol. The minimum atomic E-state index is -0.487. The van der Waals surface area contributed by atoms with E-state index >= 15 is 0 Å². The minimum Gasteiger partial charge on any atom is -0.393 e. The van der Waals surface area contributed by atoms with Crippen LogP contribution in [0, 0.1) is 5.92 Å². The molecule has 0 saturated heterocycles. The van der Waals surface area contributed by atoms with Crippen molar-refractivity contribution in [3.63, 3.8) is 0 Å². The molecule has 22 heavy (non-hydrogen) atoms. The van der Waals surface area contributed by atoms with Gasteiger partial charge in [0.1, 0.15) is 6.29 Å². The van der Waals surface area contributed by atoms with Gasteiger partial charge in [-0.3, -0.25) is 0 Å². The molecule has 2 atom stereocenters. The first-order chi connectivity index (χ1) is 10.7. The Labute approximate surface area is 139 Å². The summed E-state index contributed by atoms with van der Waals surface area (Å²) in [6, 6.07) is 0. The van der Waals surface area contributed by atoms with Gasteiger partial charge in [-0.15, -0.1) is 0 Å². The molecule has 0 aromatic heterocycles. The first-order valence-electron chi connectivity index (χ1n) is 9.85. The molecule has 2 nitrogen and oxygen atoms in total. The van der Waals surface area contributed by atoms with Crippen LogP contribution >= 0.6 is 0 Å². The fraction of sp³-hybridized carbons (Fsp3) is 0.950. The normalized spacial score (nSPS) is 14.0. The zero-order valence-corrected chi connectivity index (χ0v) is 15.2. The summed E-state index contributed by atoms with van der Waals surface area (Å²) in [5, 5.41) is 9.38. The lowest BCUT2D eigenvalue weighted by molar-refractivity contribution is -0.114. The highest BCUT2D eigenvalue weighted by Gasteiger charge is 2.12. The second kappa shape index (κ2) is 17.0. The topological polar surface area (TPSA) is 37.3 Å². The number of carbonyl (C=O) groups excluding carboxylic acids is 1. The number of aldehydes is 1. The van der Waals surface area contributed by atoms with Crippen LogP contribution < -0.4 is 0 Å². The number of hydrogen-bond acceptors (Lipinski definition) is 2. The third kappa shape index (κ3) is 14.6. The lowest BCUT2D eigenvalue weighted by Crippen LogP contribution is -2.17. The highest BCUT2D eigenvalue weighted by atomic mass is 16.3. The van der Waals surface area contributed by atoms with Crippen LogP contribution in [-0.2, 0) is 4.79 Å². The van der Waals surface area contributed by atoms with Gasteiger partial charge in [0.2, 0.25) is 0 Å².